The normalized spacial score (nSPS) is 18.5. The summed E-state index contributed by atoms with van der Waals surface area (Å²) in [5.41, 5.74) is 6.20. The SMILES string of the molecule is CN(Cc1ccccc1)C[C@H]1C[C@@H](c2ccc(CO)cc2)O[C@@H](c2cccc(NC(=O)CCCCCC(=O)NO)c2)O1. The first-order valence-corrected chi connectivity index (χ1v) is 14.5. The number of aliphatic hydroxyl groups excluding tert-OH is 1. The first-order chi connectivity index (χ1) is 20.4. The molecule has 0 radical (unpaired) electrons. The van der Waals surface area contributed by atoms with Crippen molar-refractivity contribution < 1.29 is 29.4 Å². The van der Waals surface area contributed by atoms with Gasteiger partial charge < -0.3 is 19.9 Å². The number of carbonyl (C=O) groups excluding carboxylic acids is 2. The van der Waals surface area contributed by atoms with E-state index in [4.69, 9.17) is 14.7 Å². The quantitative estimate of drug-likeness (QED) is 0.118. The van der Waals surface area contributed by atoms with Crippen molar-refractivity contribution in [2.24, 2.45) is 0 Å². The summed E-state index contributed by atoms with van der Waals surface area (Å²) in [6, 6.07) is 25.7. The third-order valence-corrected chi connectivity index (χ3v) is 7.30. The lowest BCUT2D eigenvalue weighted by Gasteiger charge is -2.38. The second kappa shape index (κ2) is 16.1. The van der Waals surface area contributed by atoms with Gasteiger partial charge >= 0.3 is 0 Å². The average Bonchev–Trinajstić information content (AvgIpc) is 3.01. The van der Waals surface area contributed by atoms with Gasteiger partial charge in [-0.2, -0.15) is 0 Å². The van der Waals surface area contributed by atoms with Crippen LogP contribution in [0.25, 0.3) is 0 Å². The number of aliphatic hydroxyl groups is 1. The molecule has 224 valence electrons. The molecule has 3 aromatic carbocycles. The van der Waals surface area contributed by atoms with Gasteiger partial charge in [-0.1, -0.05) is 73.2 Å². The molecular weight excluding hydrogens is 534 g/mol. The molecule has 0 unspecified atom stereocenters. The van der Waals surface area contributed by atoms with Gasteiger partial charge in [-0.25, -0.2) is 5.48 Å². The molecule has 1 heterocycles. The van der Waals surface area contributed by atoms with Crippen LogP contribution < -0.4 is 10.8 Å². The zero-order chi connectivity index (χ0) is 29.7. The molecule has 0 bridgehead atoms. The van der Waals surface area contributed by atoms with E-state index in [0.717, 1.165) is 29.8 Å². The number of ether oxygens (including phenoxy) is 2. The van der Waals surface area contributed by atoms with Crippen LogP contribution in [0.15, 0.2) is 78.9 Å². The standard InChI is InChI=1S/C33H41N3O6/c1-36(21-24-9-4-2-5-10-24)22-29-20-30(26-17-15-25(23-37)16-18-26)42-33(41-29)27-11-8-12-28(19-27)34-31(38)13-6-3-7-14-32(39)35-40/h2,4-5,8-12,15-19,29-30,33,37,40H,3,6-7,13-14,20-23H2,1H3,(H,34,38)(H,35,39)/t29-,30+,33+/m1/s1. The Morgan fingerprint density at radius 1 is 0.857 bits per heavy atom. The highest BCUT2D eigenvalue weighted by molar-refractivity contribution is 5.90. The van der Waals surface area contributed by atoms with Crippen molar-refractivity contribution in [1.29, 1.82) is 0 Å². The van der Waals surface area contributed by atoms with Crippen molar-refractivity contribution in [2.45, 2.75) is 70.2 Å². The maximum absolute atomic E-state index is 12.5. The van der Waals surface area contributed by atoms with Gasteiger partial charge in [-0.3, -0.25) is 19.7 Å². The second-order valence-electron chi connectivity index (χ2n) is 10.8. The summed E-state index contributed by atoms with van der Waals surface area (Å²) in [4.78, 5) is 25.9. The van der Waals surface area contributed by atoms with Crippen molar-refractivity contribution in [3.8, 4) is 0 Å². The molecule has 3 atom stereocenters. The zero-order valence-corrected chi connectivity index (χ0v) is 24.1. The van der Waals surface area contributed by atoms with Crippen LogP contribution in [0.2, 0.25) is 0 Å². The lowest BCUT2D eigenvalue weighted by molar-refractivity contribution is -0.252. The number of hydroxylamine groups is 1. The van der Waals surface area contributed by atoms with Crippen molar-refractivity contribution in [3.63, 3.8) is 0 Å². The highest BCUT2D eigenvalue weighted by Crippen LogP contribution is 2.38. The third-order valence-electron chi connectivity index (χ3n) is 7.30. The van der Waals surface area contributed by atoms with E-state index >= 15 is 0 Å². The molecule has 42 heavy (non-hydrogen) atoms. The van der Waals surface area contributed by atoms with Crippen LogP contribution in [0.4, 0.5) is 5.69 Å². The van der Waals surface area contributed by atoms with Crippen LogP contribution in [-0.4, -0.2) is 46.7 Å². The minimum atomic E-state index is -0.620. The Hall–Kier alpha value is -3.60. The van der Waals surface area contributed by atoms with Crippen LogP contribution in [0.1, 0.15) is 73.2 Å². The van der Waals surface area contributed by atoms with E-state index in [9.17, 15) is 14.7 Å². The van der Waals surface area contributed by atoms with Gasteiger partial charge in [0.2, 0.25) is 11.8 Å². The topological polar surface area (TPSA) is 120 Å². The van der Waals surface area contributed by atoms with Crippen LogP contribution in [0.5, 0.6) is 0 Å². The van der Waals surface area contributed by atoms with E-state index in [1.54, 1.807) is 5.48 Å². The fourth-order valence-corrected chi connectivity index (χ4v) is 5.13. The van der Waals surface area contributed by atoms with Gasteiger partial charge in [0.15, 0.2) is 6.29 Å². The lowest BCUT2D eigenvalue weighted by Crippen LogP contribution is -2.37. The van der Waals surface area contributed by atoms with E-state index in [-0.39, 0.29) is 31.1 Å². The summed E-state index contributed by atoms with van der Waals surface area (Å²) >= 11 is 0. The molecule has 1 saturated heterocycles. The van der Waals surface area contributed by atoms with E-state index in [1.165, 1.54) is 5.56 Å². The molecule has 2 amide bonds. The maximum atomic E-state index is 12.5. The van der Waals surface area contributed by atoms with Crippen LogP contribution in [-0.2, 0) is 32.2 Å². The fourth-order valence-electron chi connectivity index (χ4n) is 5.13. The first-order valence-electron chi connectivity index (χ1n) is 14.5. The number of benzene rings is 3. The molecule has 0 spiro atoms. The maximum Gasteiger partial charge on any atom is 0.243 e. The van der Waals surface area contributed by atoms with Crippen LogP contribution in [0, 0.1) is 0 Å². The predicted molar refractivity (Wildman–Crippen MR) is 159 cm³/mol. The summed E-state index contributed by atoms with van der Waals surface area (Å²) in [5.74, 6) is -0.524. The Morgan fingerprint density at radius 3 is 2.31 bits per heavy atom. The number of rotatable bonds is 14. The number of likely N-dealkylation sites (N-methyl/N-ethyl adjacent to an activating group) is 1. The molecule has 1 aliphatic rings. The Labute approximate surface area is 247 Å². The number of amides is 2. The highest BCUT2D eigenvalue weighted by Gasteiger charge is 2.33. The number of carbonyl (C=O) groups is 2. The smallest absolute Gasteiger partial charge is 0.243 e. The average molecular weight is 576 g/mol. The van der Waals surface area contributed by atoms with Crippen LogP contribution >= 0.6 is 0 Å². The van der Waals surface area contributed by atoms with E-state index < -0.39 is 12.2 Å². The molecule has 9 nitrogen and oxygen atoms in total. The minimum absolute atomic E-state index is 0.0101. The Morgan fingerprint density at radius 2 is 1.60 bits per heavy atom. The molecule has 4 N–H and O–H groups in total. The highest BCUT2D eigenvalue weighted by atomic mass is 16.7. The third kappa shape index (κ3) is 9.75. The summed E-state index contributed by atoms with van der Waals surface area (Å²) in [6.45, 7) is 1.51. The lowest BCUT2D eigenvalue weighted by atomic mass is 9.99. The Bertz CT molecular complexity index is 1270. The number of nitrogens with one attached hydrogen (secondary N) is 2. The van der Waals surface area contributed by atoms with Crippen molar-refractivity contribution in [2.75, 3.05) is 18.9 Å². The summed E-state index contributed by atoms with van der Waals surface area (Å²) in [6.07, 6.45) is 2.32. The van der Waals surface area contributed by atoms with Crippen molar-refractivity contribution >= 4 is 17.5 Å². The summed E-state index contributed by atoms with van der Waals surface area (Å²) in [7, 11) is 2.09. The van der Waals surface area contributed by atoms with Crippen molar-refractivity contribution in [1.82, 2.24) is 10.4 Å². The molecule has 3 aromatic rings. The van der Waals surface area contributed by atoms with Gasteiger partial charge in [0, 0.05) is 43.6 Å². The van der Waals surface area contributed by atoms with Gasteiger partial charge in [0.1, 0.15) is 0 Å². The second-order valence-corrected chi connectivity index (χ2v) is 10.8. The van der Waals surface area contributed by atoms with E-state index in [1.807, 2.05) is 66.7 Å². The Kier molecular flexibility index (Phi) is 12.0. The molecule has 1 aliphatic heterocycles. The van der Waals surface area contributed by atoms with Crippen LogP contribution in [0.3, 0.4) is 0 Å². The molecule has 0 saturated carbocycles. The molecule has 1 fully saturated rings. The summed E-state index contributed by atoms with van der Waals surface area (Å²) < 4.78 is 13.0. The van der Waals surface area contributed by atoms with Gasteiger partial charge in [0.05, 0.1) is 18.8 Å². The number of hydrogen-bond donors (Lipinski definition) is 4. The largest absolute Gasteiger partial charge is 0.392 e. The van der Waals surface area contributed by atoms with E-state index in [2.05, 4.69) is 29.4 Å². The van der Waals surface area contributed by atoms with Gasteiger partial charge in [0.25, 0.3) is 0 Å². The number of unbranched alkanes of at least 4 members (excludes halogenated alkanes) is 2. The first kappa shape index (κ1) is 31.3. The fraction of sp³-hybridized carbons (Fsp3) is 0.394. The number of hydrogen-bond acceptors (Lipinski definition) is 7. The number of nitrogens with zero attached hydrogens (tertiary/aromatic N) is 1. The molecule has 0 aliphatic carbocycles. The minimum Gasteiger partial charge on any atom is -0.392 e. The molecule has 4 rings (SSSR count). The monoisotopic (exact) mass is 575 g/mol. The zero-order valence-electron chi connectivity index (χ0n) is 24.1. The van der Waals surface area contributed by atoms with Crippen molar-refractivity contribution in [3.05, 3.63) is 101 Å². The van der Waals surface area contributed by atoms with Gasteiger partial charge in [-0.05, 0) is 48.7 Å². The predicted octanol–water partition coefficient (Wildman–Crippen LogP) is 5.25. The molecule has 0 aromatic heterocycles. The number of anilines is 1. The summed E-state index contributed by atoms with van der Waals surface area (Å²) in [5, 5.41) is 21.0. The Balaban J connectivity index is 1.41. The van der Waals surface area contributed by atoms with E-state index in [0.29, 0.717) is 37.8 Å². The van der Waals surface area contributed by atoms with Gasteiger partial charge in [-0.15, -0.1) is 0 Å². The molecular formula is C33H41N3O6. The molecule has 9 heteroatoms.